The summed E-state index contributed by atoms with van der Waals surface area (Å²) < 4.78 is 21.8. The van der Waals surface area contributed by atoms with Gasteiger partial charge in [0.05, 0.1) is 11.9 Å². The van der Waals surface area contributed by atoms with Crippen LogP contribution in [0.3, 0.4) is 0 Å². The van der Waals surface area contributed by atoms with Crippen molar-refractivity contribution in [2.75, 3.05) is 6.54 Å². The van der Waals surface area contributed by atoms with Crippen LogP contribution in [-0.4, -0.2) is 25.2 Å². The molecule has 0 unspecified atom stereocenters. The van der Waals surface area contributed by atoms with Gasteiger partial charge in [-0.15, -0.1) is 0 Å². The number of sulfonamides is 1. The van der Waals surface area contributed by atoms with Crippen molar-refractivity contribution in [1.82, 2.24) is 0 Å². The van der Waals surface area contributed by atoms with Crippen molar-refractivity contribution in [3.63, 3.8) is 0 Å². The Morgan fingerprint density at radius 1 is 1.38 bits per heavy atom. The van der Waals surface area contributed by atoms with Gasteiger partial charge in [-0.3, -0.25) is 0 Å². The number of phenols is 1. The molecule has 1 aromatic carbocycles. The average molecular weight is 246 g/mol. The monoisotopic (exact) mass is 246 g/mol. The zero-order valence-electron chi connectivity index (χ0n) is 8.50. The van der Waals surface area contributed by atoms with Crippen LogP contribution in [-0.2, 0) is 15.8 Å². The number of primary sulfonamides is 1. The predicted molar refractivity (Wildman–Crippen MR) is 58.9 cm³/mol. The number of aliphatic hydroxyl groups is 1. The molecule has 16 heavy (non-hydrogen) atoms. The number of hydrogen-bond acceptors (Lipinski definition) is 5. The van der Waals surface area contributed by atoms with Gasteiger partial charge >= 0.3 is 0 Å². The first-order valence-electron chi connectivity index (χ1n) is 4.54. The highest BCUT2D eigenvalue weighted by Crippen LogP contribution is 2.23. The van der Waals surface area contributed by atoms with Gasteiger partial charge < -0.3 is 15.9 Å². The summed E-state index contributed by atoms with van der Waals surface area (Å²) in [6, 6.07) is 4.14. The first-order valence-corrected chi connectivity index (χ1v) is 6.25. The second-order valence-corrected chi connectivity index (χ2v) is 5.06. The number of aromatic hydroxyl groups is 1. The molecule has 6 N–H and O–H groups in total. The lowest BCUT2D eigenvalue weighted by Crippen LogP contribution is -2.16. The molecular weight excluding hydrogens is 232 g/mol. The van der Waals surface area contributed by atoms with Gasteiger partial charge in [-0.05, 0) is 17.7 Å². The first kappa shape index (κ1) is 12.9. The summed E-state index contributed by atoms with van der Waals surface area (Å²) >= 11 is 0. The van der Waals surface area contributed by atoms with Crippen molar-refractivity contribution in [3.8, 4) is 5.75 Å². The van der Waals surface area contributed by atoms with E-state index in [1.54, 1.807) is 0 Å². The summed E-state index contributed by atoms with van der Waals surface area (Å²) in [5, 5.41) is 23.7. The molecule has 0 bridgehead atoms. The number of aliphatic hydroxyl groups excluding tert-OH is 1. The molecule has 7 heteroatoms. The van der Waals surface area contributed by atoms with Gasteiger partial charge in [0, 0.05) is 12.1 Å². The van der Waals surface area contributed by atoms with Gasteiger partial charge in [-0.25, -0.2) is 13.6 Å². The molecule has 0 aliphatic heterocycles. The van der Waals surface area contributed by atoms with E-state index in [1.807, 2.05) is 0 Å². The van der Waals surface area contributed by atoms with Crippen LogP contribution in [0.2, 0.25) is 0 Å². The Morgan fingerprint density at radius 3 is 2.50 bits per heavy atom. The van der Waals surface area contributed by atoms with E-state index in [4.69, 9.17) is 10.9 Å². The first-order chi connectivity index (χ1) is 7.33. The van der Waals surface area contributed by atoms with Crippen molar-refractivity contribution >= 4 is 10.0 Å². The topological polar surface area (TPSA) is 127 Å². The van der Waals surface area contributed by atoms with E-state index < -0.39 is 21.9 Å². The summed E-state index contributed by atoms with van der Waals surface area (Å²) in [6.07, 6.45) is -0.889. The second-order valence-electron chi connectivity index (χ2n) is 3.45. The maximum Gasteiger partial charge on any atom is 0.213 e. The fraction of sp³-hybridized carbons (Fsp3) is 0.333. The summed E-state index contributed by atoms with van der Waals surface area (Å²) in [4.78, 5) is 0. The van der Waals surface area contributed by atoms with E-state index in [2.05, 4.69) is 0 Å². The highest BCUT2D eigenvalue weighted by atomic mass is 32.2. The average Bonchev–Trinajstić information content (AvgIpc) is 2.18. The maximum atomic E-state index is 10.9. The zero-order chi connectivity index (χ0) is 12.3. The van der Waals surface area contributed by atoms with E-state index in [0.717, 1.165) is 0 Å². The number of hydrogen-bond donors (Lipinski definition) is 4. The maximum absolute atomic E-state index is 10.9. The van der Waals surface area contributed by atoms with Gasteiger partial charge in [0.25, 0.3) is 0 Å². The van der Waals surface area contributed by atoms with Crippen LogP contribution in [0.5, 0.6) is 5.75 Å². The molecule has 90 valence electrons. The third-order valence-corrected chi connectivity index (χ3v) is 2.78. The Labute approximate surface area is 93.6 Å². The van der Waals surface area contributed by atoms with Crippen molar-refractivity contribution in [2.45, 2.75) is 11.9 Å². The van der Waals surface area contributed by atoms with Crippen LogP contribution in [0, 0.1) is 0 Å². The lowest BCUT2D eigenvalue weighted by atomic mass is 10.1. The lowest BCUT2D eigenvalue weighted by molar-refractivity contribution is 0.186. The highest BCUT2D eigenvalue weighted by molar-refractivity contribution is 7.88. The number of nitrogens with two attached hydrogens (primary N) is 2. The molecule has 0 saturated carbocycles. The Kier molecular flexibility index (Phi) is 3.87. The van der Waals surface area contributed by atoms with Gasteiger partial charge in [0.2, 0.25) is 10.0 Å². The van der Waals surface area contributed by atoms with Crippen molar-refractivity contribution in [2.24, 2.45) is 10.9 Å². The van der Waals surface area contributed by atoms with E-state index in [-0.39, 0.29) is 17.9 Å². The molecule has 0 radical (unpaired) electrons. The molecule has 0 aromatic heterocycles. The summed E-state index contributed by atoms with van der Waals surface area (Å²) in [5.74, 6) is -0.661. The van der Waals surface area contributed by atoms with Crippen LogP contribution >= 0.6 is 0 Å². The van der Waals surface area contributed by atoms with Crippen molar-refractivity contribution in [3.05, 3.63) is 29.3 Å². The largest absolute Gasteiger partial charge is 0.508 e. The summed E-state index contributed by atoms with van der Waals surface area (Å²) in [7, 11) is -3.72. The second kappa shape index (κ2) is 4.79. The Balaban J connectivity index is 3.09. The molecule has 1 atom stereocenters. The third kappa shape index (κ3) is 3.46. The molecule has 0 saturated heterocycles. The number of benzene rings is 1. The third-order valence-electron chi connectivity index (χ3n) is 2.07. The molecule has 0 aliphatic carbocycles. The zero-order valence-corrected chi connectivity index (χ0v) is 9.31. The fourth-order valence-electron chi connectivity index (χ4n) is 1.28. The lowest BCUT2D eigenvalue weighted by Gasteiger charge is -2.10. The van der Waals surface area contributed by atoms with Crippen LogP contribution in [0.4, 0.5) is 0 Å². The number of rotatable bonds is 4. The SMILES string of the molecule is NC[C@H](O)c1ccc(O)c(CS(N)(=O)=O)c1. The van der Waals surface area contributed by atoms with E-state index in [1.165, 1.54) is 18.2 Å². The molecule has 0 heterocycles. The molecule has 0 aliphatic rings. The standard InChI is InChI=1S/C9H14N2O4S/c10-4-9(13)6-1-2-8(12)7(3-6)5-16(11,14)15/h1-3,9,12-13H,4-5,10H2,(H2,11,14,15)/t9-/m0/s1. The van der Waals surface area contributed by atoms with Crippen LogP contribution in [0.25, 0.3) is 0 Å². The molecule has 1 rings (SSSR count). The summed E-state index contributed by atoms with van der Waals surface area (Å²) in [6.45, 7) is 0.0135. The Morgan fingerprint density at radius 2 is 2.00 bits per heavy atom. The van der Waals surface area contributed by atoms with Gasteiger partial charge in [-0.1, -0.05) is 6.07 Å². The molecule has 1 aromatic rings. The number of phenolic OH excluding ortho intramolecular Hbond substituents is 1. The van der Waals surface area contributed by atoms with E-state index >= 15 is 0 Å². The summed E-state index contributed by atoms with van der Waals surface area (Å²) in [5.41, 5.74) is 5.85. The molecule has 6 nitrogen and oxygen atoms in total. The molecule has 0 fully saturated rings. The molecular formula is C9H14N2O4S. The van der Waals surface area contributed by atoms with Crippen LogP contribution < -0.4 is 10.9 Å². The van der Waals surface area contributed by atoms with Gasteiger partial charge in [-0.2, -0.15) is 0 Å². The Hall–Kier alpha value is -1.15. The minimum Gasteiger partial charge on any atom is -0.508 e. The molecule has 0 amide bonds. The van der Waals surface area contributed by atoms with Crippen molar-refractivity contribution in [1.29, 1.82) is 0 Å². The van der Waals surface area contributed by atoms with E-state index in [9.17, 15) is 18.6 Å². The van der Waals surface area contributed by atoms with E-state index in [0.29, 0.717) is 5.56 Å². The fourth-order valence-corrected chi connectivity index (χ4v) is 1.95. The molecule has 0 spiro atoms. The van der Waals surface area contributed by atoms with Crippen molar-refractivity contribution < 1.29 is 18.6 Å². The minimum atomic E-state index is -3.72. The normalized spacial score (nSPS) is 13.7. The van der Waals surface area contributed by atoms with Gasteiger partial charge in [0.15, 0.2) is 0 Å². The predicted octanol–water partition coefficient (Wildman–Crippen LogP) is -0.827. The minimum absolute atomic E-state index is 0.0135. The Bertz CT molecular complexity index is 472. The van der Waals surface area contributed by atoms with Gasteiger partial charge in [0.1, 0.15) is 5.75 Å². The highest BCUT2D eigenvalue weighted by Gasteiger charge is 2.13. The smallest absolute Gasteiger partial charge is 0.213 e. The van der Waals surface area contributed by atoms with Crippen LogP contribution in [0.1, 0.15) is 17.2 Å². The van der Waals surface area contributed by atoms with Crippen LogP contribution in [0.15, 0.2) is 18.2 Å². The quantitative estimate of drug-likeness (QED) is 0.551.